The zero-order valence-electron chi connectivity index (χ0n) is 16.5. The summed E-state index contributed by atoms with van der Waals surface area (Å²) in [6, 6.07) is 13.2. The summed E-state index contributed by atoms with van der Waals surface area (Å²) in [5, 5.41) is 3.34. The van der Waals surface area contributed by atoms with Gasteiger partial charge in [0.1, 0.15) is 5.75 Å². The van der Waals surface area contributed by atoms with Crippen LogP contribution in [0.1, 0.15) is 26.3 Å². The lowest BCUT2D eigenvalue weighted by molar-refractivity contribution is 0.343. The highest BCUT2D eigenvalue weighted by Crippen LogP contribution is 2.25. The van der Waals surface area contributed by atoms with Gasteiger partial charge in [-0.2, -0.15) is 4.98 Å². The van der Waals surface area contributed by atoms with E-state index in [1.54, 1.807) is 22.9 Å². The van der Waals surface area contributed by atoms with Gasteiger partial charge in [-0.3, -0.25) is 9.89 Å². The van der Waals surface area contributed by atoms with Crippen molar-refractivity contribution in [3.8, 4) is 17.3 Å². The van der Waals surface area contributed by atoms with Crippen LogP contribution in [0.15, 0.2) is 63.1 Å². The number of rotatable bonds is 6. The number of hydrogen-bond donors (Lipinski definition) is 1. The molecule has 150 valence electrons. The first-order valence-corrected chi connectivity index (χ1v) is 10.3. The van der Waals surface area contributed by atoms with Crippen LogP contribution in [-0.2, 0) is 5.41 Å². The minimum absolute atomic E-state index is 0.117. The standard InChI is InChI=1S/C21H22N4O3S/c1-21(2,3)14-6-8-15(9-7-14)27-11-12-29-20-23-19(16-5-4-10-28-16)22-17-13-18(26)24-25(17)20/h4-10,13H,11-12H2,1-3H3,(H,24,26). The van der Waals surface area contributed by atoms with Crippen molar-refractivity contribution in [2.75, 3.05) is 12.4 Å². The molecule has 7 nitrogen and oxygen atoms in total. The molecule has 4 aromatic rings. The summed E-state index contributed by atoms with van der Waals surface area (Å²) in [6.07, 6.45) is 1.57. The number of thioether (sulfide) groups is 1. The topological polar surface area (TPSA) is 85.4 Å². The molecule has 3 heterocycles. The highest BCUT2D eigenvalue weighted by Gasteiger charge is 2.14. The quantitative estimate of drug-likeness (QED) is 0.380. The van der Waals surface area contributed by atoms with Crippen LogP contribution in [0.2, 0.25) is 0 Å². The highest BCUT2D eigenvalue weighted by atomic mass is 32.2. The third kappa shape index (κ3) is 4.37. The number of nitrogens with one attached hydrogen (secondary N) is 1. The number of fused-ring (bicyclic) bond motifs is 1. The number of aromatic nitrogens is 4. The Balaban J connectivity index is 1.45. The van der Waals surface area contributed by atoms with Crippen molar-refractivity contribution in [3.63, 3.8) is 0 Å². The fourth-order valence-electron chi connectivity index (χ4n) is 2.84. The monoisotopic (exact) mass is 410 g/mol. The molecule has 4 rings (SSSR count). The molecule has 0 radical (unpaired) electrons. The first-order valence-electron chi connectivity index (χ1n) is 9.30. The first kappa shape index (κ1) is 19.3. The van der Waals surface area contributed by atoms with Crippen molar-refractivity contribution in [1.29, 1.82) is 0 Å². The molecule has 0 aliphatic heterocycles. The zero-order chi connectivity index (χ0) is 20.4. The number of ether oxygens (including phenoxy) is 1. The van der Waals surface area contributed by atoms with Crippen molar-refractivity contribution in [1.82, 2.24) is 19.6 Å². The molecule has 0 aliphatic rings. The molecule has 8 heteroatoms. The molecule has 0 spiro atoms. The average molecular weight is 410 g/mol. The number of nitrogens with zero attached hydrogens (tertiary/aromatic N) is 3. The van der Waals surface area contributed by atoms with Crippen LogP contribution in [0.25, 0.3) is 17.2 Å². The van der Waals surface area contributed by atoms with Gasteiger partial charge in [0.15, 0.2) is 22.4 Å². The lowest BCUT2D eigenvalue weighted by Gasteiger charge is -2.19. The predicted octanol–water partition coefficient (Wildman–Crippen LogP) is 4.15. The van der Waals surface area contributed by atoms with Gasteiger partial charge in [0.2, 0.25) is 0 Å². The van der Waals surface area contributed by atoms with Gasteiger partial charge >= 0.3 is 0 Å². The van der Waals surface area contributed by atoms with Crippen molar-refractivity contribution in [2.45, 2.75) is 31.3 Å². The SMILES string of the molecule is CC(C)(C)c1ccc(OCCSc2nc(-c3ccco3)nc3cc(=O)[nH]n23)cc1. The Morgan fingerprint density at radius 2 is 1.97 bits per heavy atom. The summed E-state index contributed by atoms with van der Waals surface area (Å²) >= 11 is 1.48. The Bertz CT molecular complexity index is 1160. The Morgan fingerprint density at radius 3 is 2.66 bits per heavy atom. The second kappa shape index (κ2) is 7.79. The van der Waals surface area contributed by atoms with Gasteiger partial charge < -0.3 is 9.15 Å². The molecule has 0 saturated heterocycles. The Kier molecular flexibility index (Phi) is 5.19. The van der Waals surface area contributed by atoms with Gasteiger partial charge in [-0.1, -0.05) is 44.7 Å². The number of furan rings is 1. The van der Waals surface area contributed by atoms with Gasteiger partial charge in [-0.15, -0.1) is 0 Å². The maximum absolute atomic E-state index is 11.8. The molecule has 0 amide bonds. The van der Waals surface area contributed by atoms with E-state index < -0.39 is 0 Å². The molecular weight excluding hydrogens is 388 g/mol. The van der Waals surface area contributed by atoms with Gasteiger partial charge in [-0.05, 0) is 35.2 Å². The Hall–Kier alpha value is -3.00. The smallest absolute Gasteiger partial charge is 0.266 e. The molecule has 0 aliphatic carbocycles. The molecule has 0 saturated carbocycles. The maximum atomic E-state index is 11.8. The normalized spacial score (nSPS) is 11.8. The minimum Gasteiger partial charge on any atom is -0.493 e. The molecule has 1 N–H and O–H groups in total. The van der Waals surface area contributed by atoms with Gasteiger partial charge in [0.25, 0.3) is 5.56 Å². The number of H-pyrrole nitrogens is 1. The van der Waals surface area contributed by atoms with E-state index in [0.717, 1.165) is 5.75 Å². The molecule has 1 aromatic carbocycles. The van der Waals surface area contributed by atoms with E-state index >= 15 is 0 Å². The van der Waals surface area contributed by atoms with Gasteiger partial charge in [0.05, 0.1) is 12.9 Å². The summed E-state index contributed by atoms with van der Waals surface area (Å²) in [6.45, 7) is 7.06. The molecule has 29 heavy (non-hydrogen) atoms. The number of hydrogen-bond acceptors (Lipinski definition) is 6. The predicted molar refractivity (Wildman–Crippen MR) is 113 cm³/mol. The molecule has 0 unspecified atom stereocenters. The first-order chi connectivity index (χ1) is 13.9. The van der Waals surface area contributed by atoms with E-state index in [4.69, 9.17) is 9.15 Å². The van der Waals surface area contributed by atoms with Crippen molar-refractivity contribution < 1.29 is 9.15 Å². The van der Waals surface area contributed by atoms with Crippen molar-refractivity contribution in [2.24, 2.45) is 0 Å². The van der Waals surface area contributed by atoms with E-state index in [1.165, 1.54) is 23.4 Å². The fraction of sp³-hybridized carbons (Fsp3) is 0.286. The second-order valence-corrected chi connectivity index (χ2v) is 8.65. The summed E-state index contributed by atoms with van der Waals surface area (Å²) in [4.78, 5) is 20.7. The molecule has 3 aromatic heterocycles. The Morgan fingerprint density at radius 1 is 1.17 bits per heavy atom. The summed E-state index contributed by atoms with van der Waals surface area (Å²) in [5.74, 6) is 2.48. The molecule has 0 bridgehead atoms. The lowest BCUT2D eigenvalue weighted by atomic mass is 9.87. The maximum Gasteiger partial charge on any atom is 0.266 e. The van der Waals surface area contributed by atoms with Gasteiger partial charge in [0, 0.05) is 11.8 Å². The molecule has 0 atom stereocenters. The third-order valence-electron chi connectivity index (χ3n) is 4.37. The number of aromatic amines is 1. The van der Waals surface area contributed by atoms with Crippen LogP contribution in [0.4, 0.5) is 0 Å². The van der Waals surface area contributed by atoms with Crippen LogP contribution in [0.3, 0.4) is 0 Å². The van der Waals surface area contributed by atoms with Crippen LogP contribution in [0, 0.1) is 0 Å². The van der Waals surface area contributed by atoms with E-state index in [9.17, 15) is 4.79 Å². The van der Waals surface area contributed by atoms with Crippen LogP contribution in [0.5, 0.6) is 5.75 Å². The molecular formula is C21H22N4O3S. The largest absolute Gasteiger partial charge is 0.493 e. The average Bonchev–Trinajstić information content (AvgIpc) is 3.33. The Labute approximate surface area is 172 Å². The van der Waals surface area contributed by atoms with E-state index in [2.05, 4.69) is 48.0 Å². The highest BCUT2D eigenvalue weighted by molar-refractivity contribution is 7.99. The van der Waals surface area contributed by atoms with Crippen molar-refractivity contribution in [3.05, 3.63) is 64.6 Å². The van der Waals surface area contributed by atoms with Gasteiger partial charge in [-0.25, -0.2) is 9.50 Å². The van der Waals surface area contributed by atoms with Crippen molar-refractivity contribution >= 4 is 17.4 Å². The lowest BCUT2D eigenvalue weighted by Crippen LogP contribution is -2.10. The van der Waals surface area contributed by atoms with Crippen LogP contribution in [-0.4, -0.2) is 31.9 Å². The van der Waals surface area contributed by atoms with Crippen LogP contribution >= 0.6 is 11.8 Å². The summed E-state index contributed by atoms with van der Waals surface area (Å²) in [5.41, 5.74) is 1.65. The zero-order valence-corrected chi connectivity index (χ0v) is 17.3. The number of benzene rings is 1. The fourth-order valence-corrected chi connectivity index (χ4v) is 3.61. The minimum atomic E-state index is -0.229. The third-order valence-corrected chi connectivity index (χ3v) is 5.27. The van der Waals surface area contributed by atoms with Crippen LogP contribution < -0.4 is 10.3 Å². The summed E-state index contributed by atoms with van der Waals surface area (Å²) < 4.78 is 12.8. The van der Waals surface area contributed by atoms with E-state index in [-0.39, 0.29) is 11.0 Å². The second-order valence-electron chi connectivity index (χ2n) is 7.59. The molecule has 0 fully saturated rings. The van der Waals surface area contributed by atoms with E-state index in [1.807, 2.05) is 12.1 Å². The summed E-state index contributed by atoms with van der Waals surface area (Å²) in [7, 11) is 0. The van der Waals surface area contributed by atoms with E-state index in [0.29, 0.717) is 34.7 Å².